The number of aromatic amines is 1. The van der Waals surface area contributed by atoms with E-state index < -0.39 is 17.2 Å². The van der Waals surface area contributed by atoms with Gasteiger partial charge in [-0.3, -0.25) is 19.1 Å². The lowest BCUT2D eigenvalue weighted by Gasteiger charge is -2.15. The molecule has 1 saturated carbocycles. The van der Waals surface area contributed by atoms with Gasteiger partial charge in [0.05, 0.1) is 35.9 Å². The van der Waals surface area contributed by atoms with Gasteiger partial charge >= 0.3 is 5.69 Å². The topological polar surface area (TPSA) is 115 Å². The number of nitrogens with one attached hydrogen (secondary N) is 2. The van der Waals surface area contributed by atoms with Crippen LogP contribution in [-0.2, 0) is 6.54 Å². The molecule has 0 radical (unpaired) electrons. The van der Waals surface area contributed by atoms with Crippen molar-refractivity contribution >= 4 is 34.2 Å². The van der Waals surface area contributed by atoms with Crippen molar-refractivity contribution in [2.75, 3.05) is 19.5 Å². The summed E-state index contributed by atoms with van der Waals surface area (Å²) < 4.78 is 11.9. The minimum Gasteiger partial charge on any atom is -0.495 e. The number of benzene rings is 1. The largest absolute Gasteiger partial charge is 0.495 e. The first-order valence-electron chi connectivity index (χ1n) is 10.3. The van der Waals surface area contributed by atoms with Crippen LogP contribution < -0.4 is 26.0 Å². The Morgan fingerprint density at radius 2 is 1.94 bits per heavy atom. The van der Waals surface area contributed by atoms with Crippen LogP contribution in [0.15, 0.2) is 27.8 Å². The Hall–Kier alpha value is -3.33. The van der Waals surface area contributed by atoms with Gasteiger partial charge in [-0.25, -0.2) is 9.78 Å². The second-order valence-corrected chi connectivity index (χ2v) is 8.03. The zero-order chi connectivity index (χ0) is 23.0. The van der Waals surface area contributed by atoms with Crippen LogP contribution in [0.3, 0.4) is 0 Å². The van der Waals surface area contributed by atoms with Gasteiger partial charge in [0.1, 0.15) is 11.5 Å². The molecule has 1 aliphatic rings. The Morgan fingerprint density at radius 1 is 1.22 bits per heavy atom. The number of H-pyrrole nitrogens is 1. The number of aromatic nitrogens is 3. The highest BCUT2D eigenvalue weighted by molar-refractivity contribution is 6.32. The van der Waals surface area contributed by atoms with Gasteiger partial charge in [0.15, 0.2) is 5.65 Å². The van der Waals surface area contributed by atoms with E-state index >= 15 is 0 Å². The van der Waals surface area contributed by atoms with Crippen molar-refractivity contribution in [3.8, 4) is 11.5 Å². The zero-order valence-electron chi connectivity index (χ0n) is 18.0. The number of nitrogens with zero attached hydrogens (tertiary/aromatic N) is 2. The molecular weight excluding hydrogens is 436 g/mol. The van der Waals surface area contributed by atoms with Crippen LogP contribution in [0.5, 0.6) is 11.5 Å². The molecule has 1 amide bonds. The lowest BCUT2D eigenvalue weighted by molar-refractivity contribution is 0.102. The molecule has 1 fully saturated rings. The predicted octanol–water partition coefficient (Wildman–Crippen LogP) is 3.30. The van der Waals surface area contributed by atoms with E-state index in [0.717, 1.165) is 12.8 Å². The average Bonchev–Trinajstić information content (AvgIpc) is 3.61. The molecule has 2 heterocycles. The molecule has 0 bridgehead atoms. The number of amides is 1. The van der Waals surface area contributed by atoms with Crippen molar-refractivity contribution in [1.29, 1.82) is 0 Å². The number of fused-ring (bicyclic) bond motifs is 1. The first kappa shape index (κ1) is 21.9. The van der Waals surface area contributed by atoms with E-state index in [0.29, 0.717) is 35.8 Å². The van der Waals surface area contributed by atoms with E-state index in [1.54, 1.807) is 12.1 Å². The zero-order valence-corrected chi connectivity index (χ0v) is 18.7. The van der Waals surface area contributed by atoms with Crippen LogP contribution in [0.2, 0.25) is 5.02 Å². The molecule has 0 atom stereocenters. The number of halogens is 1. The maximum absolute atomic E-state index is 13.4. The van der Waals surface area contributed by atoms with Crippen molar-refractivity contribution in [2.24, 2.45) is 0 Å². The molecule has 32 heavy (non-hydrogen) atoms. The van der Waals surface area contributed by atoms with E-state index in [4.69, 9.17) is 21.1 Å². The quantitative estimate of drug-likeness (QED) is 0.561. The summed E-state index contributed by atoms with van der Waals surface area (Å²) in [5, 5.41) is 3.13. The third-order valence-electron chi connectivity index (χ3n) is 5.38. The number of pyridine rings is 1. The van der Waals surface area contributed by atoms with Gasteiger partial charge in [0.25, 0.3) is 11.5 Å². The standard InChI is InChI=1S/C22H23ClN4O5/c1-4-7-27-19-18(21(29)26-22(27)30)12(8-14(24-19)11-5-6-11)20(28)25-15-9-13(23)16(31-2)10-17(15)32-3/h8-11H,4-7H2,1-3H3,(H,25,28)(H,26,29,30). The number of ether oxygens (including phenoxy) is 2. The van der Waals surface area contributed by atoms with Crippen LogP contribution in [0.1, 0.15) is 48.2 Å². The Kier molecular flexibility index (Phi) is 5.92. The number of carbonyl (C=O) groups excluding carboxylic acids is 1. The number of hydrogen-bond donors (Lipinski definition) is 2. The first-order valence-corrected chi connectivity index (χ1v) is 10.7. The van der Waals surface area contributed by atoms with Gasteiger partial charge in [0.2, 0.25) is 0 Å². The first-order chi connectivity index (χ1) is 15.4. The SMILES string of the molecule is CCCn1c(=O)[nH]c(=O)c2c(C(=O)Nc3cc(Cl)c(OC)cc3OC)cc(C3CC3)nc21. The predicted molar refractivity (Wildman–Crippen MR) is 121 cm³/mol. The highest BCUT2D eigenvalue weighted by Crippen LogP contribution is 2.40. The van der Waals surface area contributed by atoms with Crippen molar-refractivity contribution in [1.82, 2.24) is 14.5 Å². The van der Waals surface area contributed by atoms with Gasteiger partial charge in [-0.15, -0.1) is 0 Å². The van der Waals surface area contributed by atoms with Gasteiger partial charge in [-0.1, -0.05) is 18.5 Å². The monoisotopic (exact) mass is 458 g/mol. The van der Waals surface area contributed by atoms with Crippen LogP contribution in [0.25, 0.3) is 11.0 Å². The number of carbonyl (C=O) groups is 1. The maximum atomic E-state index is 13.4. The third-order valence-corrected chi connectivity index (χ3v) is 5.67. The molecule has 0 unspecified atom stereocenters. The summed E-state index contributed by atoms with van der Waals surface area (Å²) in [6, 6.07) is 4.70. The number of anilines is 1. The molecule has 4 rings (SSSR count). The lowest BCUT2D eigenvalue weighted by Crippen LogP contribution is -2.32. The summed E-state index contributed by atoms with van der Waals surface area (Å²) in [5.74, 6) is 0.413. The maximum Gasteiger partial charge on any atom is 0.329 e. The fourth-order valence-corrected chi connectivity index (χ4v) is 3.88. The normalized spacial score (nSPS) is 13.2. The Labute approximate surface area is 188 Å². The van der Waals surface area contributed by atoms with Crippen LogP contribution in [0.4, 0.5) is 5.69 Å². The van der Waals surface area contributed by atoms with Gasteiger partial charge < -0.3 is 14.8 Å². The highest BCUT2D eigenvalue weighted by atomic mass is 35.5. The second-order valence-electron chi connectivity index (χ2n) is 7.62. The summed E-state index contributed by atoms with van der Waals surface area (Å²) in [4.78, 5) is 45.4. The minimum absolute atomic E-state index is 0.0681. The van der Waals surface area contributed by atoms with Crippen LogP contribution in [-0.4, -0.2) is 34.7 Å². The summed E-state index contributed by atoms with van der Waals surface area (Å²) in [7, 11) is 2.93. The van der Waals surface area contributed by atoms with Gasteiger partial charge in [0, 0.05) is 24.2 Å². The summed E-state index contributed by atoms with van der Waals surface area (Å²) in [6.07, 6.45) is 2.56. The molecule has 3 aromatic rings. The summed E-state index contributed by atoms with van der Waals surface area (Å²) in [5.41, 5.74) is 0.167. The molecule has 0 saturated heterocycles. The molecule has 168 valence electrons. The minimum atomic E-state index is -0.655. The summed E-state index contributed by atoms with van der Waals surface area (Å²) >= 11 is 6.22. The molecule has 0 spiro atoms. The lowest BCUT2D eigenvalue weighted by atomic mass is 10.1. The third kappa shape index (κ3) is 3.95. The van der Waals surface area contributed by atoms with Crippen molar-refractivity contribution in [3.63, 3.8) is 0 Å². The fraction of sp³-hybridized carbons (Fsp3) is 0.364. The van der Waals surface area contributed by atoms with E-state index in [1.165, 1.54) is 24.9 Å². The molecule has 2 aromatic heterocycles. The Bertz CT molecular complexity index is 1330. The van der Waals surface area contributed by atoms with E-state index in [2.05, 4.69) is 15.3 Å². The van der Waals surface area contributed by atoms with Gasteiger partial charge in [-0.2, -0.15) is 0 Å². The number of methoxy groups -OCH3 is 2. The van der Waals surface area contributed by atoms with Crippen molar-refractivity contribution in [2.45, 2.75) is 38.6 Å². The van der Waals surface area contributed by atoms with E-state index in [9.17, 15) is 14.4 Å². The molecule has 10 heteroatoms. The molecular formula is C22H23ClN4O5. The number of aryl methyl sites for hydroxylation is 1. The van der Waals surface area contributed by atoms with Crippen molar-refractivity contribution in [3.05, 3.63) is 55.3 Å². The van der Waals surface area contributed by atoms with E-state index in [1.807, 2.05) is 6.92 Å². The van der Waals surface area contributed by atoms with Crippen LogP contribution in [0, 0.1) is 0 Å². The van der Waals surface area contributed by atoms with Crippen molar-refractivity contribution < 1.29 is 14.3 Å². The number of hydrogen-bond acceptors (Lipinski definition) is 6. The van der Waals surface area contributed by atoms with Gasteiger partial charge in [-0.05, 0) is 31.4 Å². The average molecular weight is 459 g/mol. The Balaban J connectivity index is 1.88. The Morgan fingerprint density at radius 3 is 2.56 bits per heavy atom. The van der Waals surface area contributed by atoms with Crippen LogP contribution >= 0.6 is 11.6 Å². The molecule has 0 aliphatic heterocycles. The molecule has 2 N–H and O–H groups in total. The molecule has 1 aromatic carbocycles. The second kappa shape index (κ2) is 8.66. The summed E-state index contributed by atoms with van der Waals surface area (Å²) in [6.45, 7) is 2.29. The smallest absolute Gasteiger partial charge is 0.329 e. The van der Waals surface area contributed by atoms with E-state index in [-0.39, 0.29) is 27.5 Å². The fourth-order valence-electron chi connectivity index (χ4n) is 3.64. The number of rotatable bonds is 7. The molecule has 1 aliphatic carbocycles. The highest BCUT2D eigenvalue weighted by Gasteiger charge is 2.29. The molecule has 9 nitrogen and oxygen atoms in total.